The maximum absolute atomic E-state index is 11.9. The average molecular weight is 411 g/mol. The molecule has 0 radical (unpaired) electrons. The van der Waals surface area contributed by atoms with Gasteiger partial charge in [0.2, 0.25) is 0 Å². The van der Waals surface area contributed by atoms with Gasteiger partial charge in [0.25, 0.3) is 0 Å². The van der Waals surface area contributed by atoms with Crippen LogP contribution in [-0.2, 0) is 4.74 Å². The number of nitrogens with zero attached hydrogens (tertiary/aromatic N) is 3. The van der Waals surface area contributed by atoms with Crippen molar-refractivity contribution in [1.29, 1.82) is 0 Å². The van der Waals surface area contributed by atoms with Crippen LogP contribution in [0.5, 0.6) is 0 Å². The molecule has 0 bridgehead atoms. The summed E-state index contributed by atoms with van der Waals surface area (Å²) in [5.41, 5.74) is 2.66. The van der Waals surface area contributed by atoms with Gasteiger partial charge in [0.05, 0.1) is 12.2 Å². The minimum atomic E-state index is -0.996. The Hall–Kier alpha value is -3.90. The van der Waals surface area contributed by atoms with E-state index in [4.69, 9.17) is 4.74 Å². The van der Waals surface area contributed by atoms with Crippen LogP contribution in [0.3, 0.4) is 0 Å². The summed E-state index contributed by atoms with van der Waals surface area (Å²) in [5, 5.41) is 10.9. The molecule has 0 amide bonds. The van der Waals surface area contributed by atoms with E-state index in [9.17, 15) is 9.90 Å². The molecule has 0 aliphatic carbocycles. The lowest BCUT2D eigenvalue weighted by atomic mass is 10.1. The molecule has 1 heterocycles. The zero-order valence-corrected chi connectivity index (χ0v) is 17.0. The number of carbonyl (C=O) groups is 1. The zero-order valence-electron chi connectivity index (χ0n) is 17.0. The summed E-state index contributed by atoms with van der Waals surface area (Å²) < 4.78 is 5.04. The van der Waals surface area contributed by atoms with E-state index in [0.29, 0.717) is 34.9 Å². The smallest absolute Gasteiger partial charge is 0.338 e. The average Bonchev–Trinajstić information content (AvgIpc) is 2.84. The molecule has 4 rings (SSSR count). The van der Waals surface area contributed by atoms with Crippen LogP contribution in [0.15, 0.2) is 84.9 Å². The normalized spacial score (nSPS) is 11.7. The van der Waals surface area contributed by atoms with Crippen molar-refractivity contribution in [1.82, 2.24) is 15.0 Å². The molecule has 6 heteroatoms. The van der Waals surface area contributed by atoms with Gasteiger partial charge < -0.3 is 9.84 Å². The fourth-order valence-electron chi connectivity index (χ4n) is 3.11. The molecule has 4 aromatic rings. The predicted molar refractivity (Wildman–Crippen MR) is 117 cm³/mol. The molecule has 1 aromatic heterocycles. The molecule has 0 aliphatic heterocycles. The summed E-state index contributed by atoms with van der Waals surface area (Å²) in [6.07, 6.45) is -0.996. The highest BCUT2D eigenvalue weighted by molar-refractivity contribution is 5.89. The van der Waals surface area contributed by atoms with E-state index in [1.807, 2.05) is 60.7 Å². The van der Waals surface area contributed by atoms with Crippen molar-refractivity contribution in [2.24, 2.45) is 0 Å². The van der Waals surface area contributed by atoms with Crippen LogP contribution in [-0.4, -0.2) is 32.6 Å². The molecule has 6 nitrogen and oxygen atoms in total. The number of rotatable bonds is 6. The van der Waals surface area contributed by atoms with Gasteiger partial charge in [-0.25, -0.2) is 19.7 Å². The summed E-state index contributed by atoms with van der Waals surface area (Å²) >= 11 is 0. The van der Waals surface area contributed by atoms with Crippen LogP contribution in [0.25, 0.3) is 22.8 Å². The third-order valence-electron chi connectivity index (χ3n) is 4.70. The van der Waals surface area contributed by atoms with Crippen LogP contribution in [0.1, 0.15) is 34.8 Å². The molecule has 1 N–H and O–H groups in total. The Bertz CT molecular complexity index is 1160. The highest BCUT2D eigenvalue weighted by Crippen LogP contribution is 2.25. The molecule has 0 aliphatic rings. The monoisotopic (exact) mass is 411 g/mol. The van der Waals surface area contributed by atoms with Crippen molar-refractivity contribution >= 4 is 5.97 Å². The fraction of sp³-hybridized carbons (Fsp3) is 0.120. The Kier molecular flexibility index (Phi) is 6.10. The van der Waals surface area contributed by atoms with Crippen molar-refractivity contribution in [3.8, 4) is 22.8 Å². The van der Waals surface area contributed by atoms with Crippen LogP contribution in [0.2, 0.25) is 0 Å². The SMILES string of the molecule is CCOC(=O)c1ccc(-c2nc(-c3ccccc3)nc(C(O)c3ccccc3)n2)cc1. The van der Waals surface area contributed by atoms with E-state index < -0.39 is 6.10 Å². The maximum Gasteiger partial charge on any atom is 0.338 e. The Morgan fingerprint density at radius 2 is 1.35 bits per heavy atom. The summed E-state index contributed by atoms with van der Waals surface area (Å²) in [7, 11) is 0. The topological polar surface area (TPSA) is 85.2 Å². The Balaban J connectivity index is 1.77. The van der Waals surface area contributed by atoms with Gasteiger partial charge in [0.1, 0.15) is 6.10 Å². The Morgan fingerprint density at radius 1 is 0.806 bits per heavy atom. The number of esters is 1. The molecule has 1 unspecified atom stereocenters. The van der Waals surface area contributed by atoms with Gasteiger partial charge in [0.15, 0.2) is 17.5 Å². The van der Waals surface area contributed by atoms with E-state index in [0.717, 1.165) is 5.56 Å². The Labute approximate surface area is 180 Å². The number of hydrogen-bond acceptors (Lipinski definition) is 6. The van der Waals surface area contributed by atoms with E-state index >= 15 is 0 Å². The molecule has 1 atom stereocenters. The summed E-state index contributed by atoms with van der Waals surface area (Å²) in [6, 6.07) is 25.6. The van der Waals surface area contributed by atoms with Gasteiger partial charge in [-0.2, -0.15) is 0 Å². The standard InChI is InChI=1S/C25H21N3O3/c1-2-31-25(30)20-15-13-19(14-16-20)23-26-22(18-11-7-4-8-12-18)27-24(28-23)21(29)17-9-5-3-6-10-17/h3-16,21,29H,2H2,1H3. The minimum Gasteiger partial charge on any atom is -0.462 e. The first-order valence-corrected chi connectivity index (χ1v) is 9.97. The van der Waals surface area contributed by atoms with Gasteiger partial charge in [-0.15, -0.1) is 0 Å². The van der Waals surface area contributed by atoms with Crippen LogP contribution < -0.4 is 0 Å². The number of ether oxygens (including phenoxy) is 1. The molecule has 0 fully saturated rings. The second-order valence-electron chi connectivity index (χ2n) is 6.82. The lowest BCUT2D eigenvalue weighted by Crippen LogP contribution is -2.09. The van der Waals surface area contributed by atoms with E-state index in [1.165, 1.54) is 0 Å². The largest absolute Gasteiger partial charge is 0.462 e. The predicted octanol–water partition coefficient (Wildman–Crippen LogP) is 4.46. The zero-order chi connectivity index (χ0) is 21.6. The van der Waals surface area contributed by atoms with E-state index in [1.54, 1.807) is 31.2 Å². The van der Waals surface area contributed by atoms with Gasteiger partial charge in [-0.1, -0.05) is 72.8 Å². The third-order valence-corrected chi connectivity index (χ3v) is 4.70. The second-order valence-corrected chi connectivity index (χ2v) is 6.82. The number of benzene rings is 3. The molecule has 31 heavy (non-hydrogen) atoms. The molecular formula is C25H21N3O3. The Morgan fingerprint density at radius 3 is 1.94 bits per heavy atom. The molecular weight excluding hydrogens is 390 g/mol. The highest BCUT2D eigenvalue weighted by Gasteiger charge is 2.18. The van der Waals surface area contributed by atoms with Crippen molar-refractivity contribution in [3.05, 3.63) is 102 Å². The molecule has 0 spiro atoms. The van der Waals surface area contributed by atoms with Crippen molar-refractivity contribution < 1.29 is 14.6 Å². The number of aliphatic hydroxyl groups excluding tert-OH is 1. The van der Waals surface area contributed by atoms with Gasteiger partial charge >= 0.3 is 5.97 Å². The van der Waals surface area contributed by atoms with Crippen LogP contribution in [0, 0.1) is 0 Å². The number of aromatic nitrogens is 3. The quantitative estimate of drug-likeness (QED) is 0.472. The van der Waals surface area contributed by atoms with Crippen molar-refractivity contribution in [3.63, 3.8) is 0 Å². The maximum atomic E-state index is 11.9. The minimum absolute atomic E-state index is 0.254. The number of carbonyl (C=O) groups excluding carboxylic acids is 1. The second kappa shape index (κ2) is 9.28. The number of aliphatic hydroxyl groups is 1. The van der Waals surface area contributed by atoms with Gasteiger partial charge in [-0.3, -0.25) is 0 Å². The van der Waals surface area contributed by atoms with E-state index in [2.05, 4.69) is 15.0 Å². The first-order chi connectivity index (χ1) is 15.2. The third kappa shape index (κ3) is 4.65. The summed E-state index contributed by atoms with van der Waals surface area (Å²) in [5.74, 6) is 0.749. The molecule has 3 aromatic carbocycles. The van der Waals surface area contributed by atoms with Crippen molar-refractivity contribution in [2.75, 3.05) is 6.61 Å². The van der Waals surface area contributed by atoms with E-state index in [-0.39, 0.29) is 11.8 Å². The van der Waals surface area contributed by atoms with Gasteiger partial charge in [0, 0.05) is 11.1 Å². The fourth-order valence-corrected chi connectivity index (χ4v) is 3.11. The lowest BCUT2D eigenvalue weighted by molar-refractivity contribution is 0.0526. The summed E-state index contributed by atoms with van der Waals surface area (Å²) in [6.45, 7) is 2.08. The highest BCUT2D eigenvalue weighted by atomic mass is 16.5. The lowest BCUT2D eigenvalue weighted by Gasteiger charge is -2.13. The number of hydrogen-bond donors (Lipinski definition) is 1. The molecule has 154 valence electrons. The van der Waals surface area contributed by atoms with Crippen molar-refractivity contribution in [2.45, 2.75) is 13.0 Å². The van der Waals surface area contributed by atoms with Gasteiger partial charge in [-0.05, 0) is 24.6 Å². The first kappa shape index (κ1) is 20.4. The van der Waals surface area contributed by atoms with Crippen LogP contribution in [0.4, 0.5) is 0 Å². The molecule has 0 saturated heterocycles. The molecule has 0 saturated carbocycles. The first-order valence-electron chi connectivity index (χ1n) is 9.97. The van der Waals surface area contributed by atoms with Crippen LogP contribution >= 0.6 is 0 Å². The summed E-state index contributed by atoms with van der Waals surface area (Å²) in [4.78, 5) is 25.6.